The van der Waals surface area contributed by atoms with Gasteiger partial charge in [0.05, 0.1) is 0 Å². The predicted molar refractivity (Wildman–Crippen MR) is 52.4 cm³/mol. The van der Waals surface area contributed by atoms with Gasteiger partial charge in [-0.05, 0) is 6.92 Å². The molecule has 0 aliphatic rings. The summed E-state index contributed by atoms with van der Waals surface area (Å²) in [4.78, 5) is 18.5. The molecule has 0 bridgehead atoms. The van der Waals surface area contributed by atoms with Crippen LogP contribution in [0.4, 0.5) is 5.82 Å². The van der Waals surface area contributed by atoms with Crippen LogP contribution in [0, 0.1) is 6.92 Å². The fraction of sp³-hybridized carbons (Fsp3) is 0.222. The van der Waals surface area contributed by atoms with Crippen molar-refractivity contribution in [3.63, 3.8) is 0 Å². The molecule has 1 rings (SSSR count). The Morgan fingerprint density at radius 2 is 2.50 bits per heavy atom. The molecule has 1 aromatic rings. The Balaban J connectivity index is 3.02. The minimum absolute atomic E-state index is 0.0671. The first-order chi connectivity index (χ1) is 6.65. The van der Waals surface area contributed by atoms with Crippen molar-refractivity contribution in [2.24, 2.45) is 0 Å². The zero-order chi connectivity index (χ0) is 10.6. The Bertz CT molecular complexity index is 363. The molecule has 0 fully saturated rings. The highest BCUT2D eigenvalue weighted by molar-refractivity contribution is 5.92. The van der Waals surface area contributed by atoms with E-state index in [0.29, 0.717) is 18.2 Å². The first kappa shape index (κ1) is 10.2. The molecule has 0 radical (unpaired) electrons. The lowest BCUT2D eigenvalue weighted by Gasteiger charge is -2.06. The van der Waals surface area contributed by atoms with Crippen LogP contribution in [0.3, 0.4) is 0 Å². The molecule has 5 nitrogen and oxygen atoms in total. The molecule has 74 valence electrons. The maximum absolute atomic E-state index is 10.8. The number of nitrogens with one attached hydrogen (secondary N) is 1. The zero-order valence-corrected chi connectivity index (χ0v) is 7.82. The minimum atomic E-state index is -1.04. The highest BCUT2D eigenvalue weighted by Crippen LogP contribution is 2.10. The molecule has 1 aromatic heterocycles. The van der Waals surface area contributed by atoms with Crippen molar-refractivity contribution in [2.75, 3.05) is 11.9 Å². The third-order valence-corrected chi connectivity index (χ3v) is 1.55. The van der Waals surface area contributed by atoms with Gasteiger partial charge in [-0.15, -0.1) is 6.58 Å². The van der Waals surface area contributed by atoms with Gasteiger partial charge in [0.2, 0.25) is 0 Å². The molecule has 5 heteroatoms. The highest BCUT2D eigenvalue weighted by Gasteiger charge is 2.11. The van der Waals surface area contributed by atoms with Crippen LogP contribution >= 0.6 is 0 Å². The van der Waals surface area contributed by atoms with E-state index in [1.807, 2.05) is 0 Å². The summed E-state index contributed by atoms with van der Waals surface area (Å²) in [6.45, 7) is 5.69. The SMILES string of the molecule is C=CCNc1nc(C)ncc1C(=O)O. The average Bonchev–Trinajstić information content (AvgIpc) is 2.14. The van der Waals surface area contributed by atoms with Crippen LogP contribution in [-0.4, -0.2) is 27.6 Å². The van der Waals surface area contributed by atoms with E-state index in [4.69, 9.17) is 5.11 Å². The number of hydrogen-bond acceptors (Lipinski definition) is 4. The Morgan fingerprint density at radius 3 is 3.07 bits per heavy atom. The summed E-state index contributed by atoms with van der Waals surface area (Å²) < 4.78 is 0. The van der Waals surface area contributed by atoms with Crippen molar-refractivity contribution in [3.8, 4) is 0 Å². The number of carboxylic acids is 1. The molecule has 0 aliphatic carbocycles. The second kappa shape index (κ2) is 4.36. The van der Waals surface area contributed by atoms with Crippen LogP contribution in [0.5, 0.6) is 0 Å². The molecule has 0 aromatic carbocycles. The second-order valence-corrected chi connectivity index (χ2v) is 2.65. The summed E-state index contributed by atoms with van der Waals surface area (Å²) in [5.41, 5.74) is 0.0671. The monoisotopic (exact) mass is 193 g/mol. The van der Waals surface area contributed by atoms with Gasteiger partial charge in [0.25, 0.3) is 0 Å². The number of nitrogens with zero attached hydrogens (tertiary/aromatic N) is 2. The van der Waals surface area contributed by atoms with Gasteiger partial charge in [-0.2, -0.15) is 0 Å². The summed E-state index contributed by atoms with van der Waals surface area (Å²) in [5, 5.41) is 11.6. The van der Waals surface area contributed by atoms with Crippen molar-refractivity contribution in [3.05, 3.63) is 30.2 Å². The Hall–Kier alpha value is -1.91. The van der Waals surface area contributed by atoms with Gasteiger partial charge in [-0.3, -0.25) is 0 Å². The van der Waals surface area contributed by atoms with Crippen molar-refractivity contribution in [1.29, 1.82) is 0 Å². The quantitative estimate of drug-likeness (QED) is 0.700. The van der Waals surface area contributed by atoms with Gasteiger partial charge < -0.3 is 10.4 Å². The van der Waals surface area contributed by atoms with Crippen LogP contribution in [0.25, 0.3) is 0 Å². The van der Waals surface area contributed by atoms with E-state index in [0.717, 1.165) is 0 Å². The zero-order valence-electron chi connectivity index (χ0n) is 7.82. The van der Waals surface area contributed by atoms with E-state index in [1.165, 1.54) is 6.20 Å². The lowest BCUT2D eigenvalue weighted by atomic mass is 10.3. The summed E-state index contributed by atoms with van der Waals surface area (Å²) in [6, 6.07) is 0. The molecule has 14 heavy (non-hydrogen) atoms. The Morgan fingerprint density at radius 1 is 1.79 bits per heavy atom. The molecule has 0 saturated heterocycles. The average molecular weight is 193 g/mol. The maximum Gasteiger partial charge on any atom is 0.341 e. The number of carboxylic acid groups (broad SMARTS) is 1. The van der Waals surface area contributed by atoms with Crippen LogP contribution in [-0.2, 0) is 0 Å². The van der Waals surface area contributed by atoms with Crippen molar-refractivity contribution in [1.82, 2.24) is 9.97 Å². The first-order valence-corrected chi connectivity index (χ1v) is 4.07. The molecule has 0 amide bonds. The predicted octanol–water partition coefficient (Wildman–Crippen LogP) is 1.08. The Labute approximate surface area is 81.5 Å². The molecule has 0 spiro atoms. The summed E-state index contributed by atoms with van der Waals surface area (Å²) >= 11 is 0. The van der Waals surface area contributed by atoms with Crippen molar-refractivity contribution < 1.29 is 9.90 Å². The smallest absolute Gasteiger partial charge is 0.341 e. The largest absolute Gasteiger partial charge is 0.477 e. The van der Waals surface area contributed by atoms with Gasteiger partial charge in [0.15, 0.2) is 0 Å². The fourth-order valence-electron chi connectivity index (χ4n) is 0.930. The summed E-state index contributed by atoms with van der Waals surface area (Å²) in [7, 11) is 0. The number of aromatic nitrogens is 2. The van der Waals surface area contributed by atoms with Crippen LogP contribution in [0.15, 0.2) is 18.9 Å². The van der Waals surface area contributed by atoms with E-state index < -0.39 is 5.97 Å². The van der Waals surface area contributed by atoms with E-state index in [1.54, 1.807) is 13.0 Å². The molecule has 2 N–H and O–H groups in total. The van der Waals surface area contributed by atoms with Gasteiger partial charge in [-0.25, -0.2) is 14.8 Å². The molecule has 0 atom stereocenters. The van der Waals surface area contributed by atoms with Gasteiger partial charge >= 0.3 is 5.97 Å². The van der Waals surface area contributed by atoms with Crippen LogP contribution in [0.1, 0.15) is 16.2 Å². The van der Waals surface area contributed by atoms with E-state index in [9.17, 15) is 4.79 Å². The lowest BCUT2D eigenvalue weighted by molar-refractivity contribution is 0.0697. The first-order valence-electron chi connectivity index (χ1n) is 4.07. The molecule has 0 saturated carbocycles. The topological polar surface area (TPSA) is 75.1 Å². The number of carbonyl (C=O) groups is 1. The number of aryl methyl sites for hydroxylation is 1. The molecular weight excluding hydrogens is 182 g/mol. The third-order valence-electron chi connectivity index (χ3n) is 1.55. The van der Waals surface area contributed by atoms with Gasteiger partial charge in [0, 0.05) is 12.7 Å². The molecule has 0 aliphatic heterocycles. The summed E-state index contributed by atoms with van der Waals surface area (Å²) in [6.07, 6.45) is 2.92. The normalized spacial score (nSPS) is 9.50. The maximum atomic E-state index is 10.8. The lowest BCUT2D eigenvalue weighted by Crippen LogP contribution is -2.10. The molecule has 1 heterocycles. The van der Waals surface area contributed by atoms with Gasteiger partial charge in [0.1, 0.15) is 17.2 Å². The van der Waals surface area contributed by atoms with Crippen molar-refractivity contribution in [2.45, 2.75) is 6.92 Å². The van der Waals surface area contributed by atoms with Crippen molar-refractivity contribution >= 4 is 11.8 Å². The summed E-state index contributed by atoms with van der Waals surface area (Å²) in [5.74, 6) is -0.192. The molecular formula is C9H11N3O2. The third kappa shape index (κ3) is 2.29. The van der Waals surface area contributed by atoms with E-state index in [-0.39, 0.29) is 5.56 Å². The van der Waals surface area contributed by atoms with Gasteiger partial charge in [-0.1, -0.05) is 6.08 Å². The molecule has 0 unspecified atom stereocenters. The number of aromatic carboxylic acids is 1. The van der Waals surface area contributed by atoms with Crippen LogP contribution < -0.4 is 5.32 Å². The Kier molecular flexibility index (Phi) is 3.17. The van der Waals surface area contributed by atoms with E-state index >= 15 is 0 Å². The number of rotatable bonds is 4. The highest BCUT2D eigenvalue weighted by atomic mass is 16.4. The number of hydrogen-bond donors (Lipinski definition) is 2. The second-order valence-electron chi connectivity index (χ2n) is 2.65. The van der Waals surface area contributed by atoms with Crippen LogP contribution in [0.2, 0.25) is 0 Å². The standard InChI is InChI=1S/C9H11N3O2/c1-3-4-10-8-7(9(13)14)5-11-6(2)12-8/h3,5H,1,4H2,2H3,(H,13,14)(H,10,11,12). The minimum Gasteiger partial charge on any atom is -0.477 e. The number of anilines is 1. The van der Waals surface area contributed by atoms with E-state index in [2.05, 4.69) is 21.9 Å². The fourth-order valence-corrected chi connectivity index (χ4v) is 0.930.